The van der Waals surface area contributed by atoms with Crippen LogP contribution >= 0.6 is 11.6 Å². The Kier molecular flexibility index (Phi) is 3.15. The smallest absolute Gasteiger partial charge is 0.252 e. The maximum atomic E-state index is 11.8. The van der Waals surface area contributed by atoms with Crippen LogP contribution in [0.4, 0.5) is 0 Å². The van der Waals surface area contributed by atoms with Crippen molar-refractivity contribution in [1.82, 2.24) is 10.3 Å². The van der Waals surface area contributed by atoms with Gasteiger partial charge < -0.3 is 5.32 Å². The molecule has 3 nitrogen and oxygen atoms in total. The molecule has 1 aromatic heterocycles. The van der Waals surface area contributed by atoms with Crippen LogP contribution < -0.4 is 5.32 Å². The third-order valence-corrected chi connectivity index (χ3v) is 3.54. The van der Waals surface area contributed by atoms with Crippen LogP contribution in [0, 0.1) is 5.41 Å². The Bertz CT molecular complexity index is 385. The highest BCUT2D eigenvalue weighted by Crippen LogP contribution is 2.47. The second-order valence-corrected chi connectivity index (χ2v) is 4.79. The Morgan fingerprint density at radius 1 is 1.56 bits per heavy atom. The van der Waals surface area contributed by atoms with Gasteiger partial charge in [-0.2, -0.15) is 0 Å². The first kappa shape index (κ1) is 11.4. The molecule has 4 heteroatoms. The molecular weight excluding hydrogens is 224 g/mol. The van der Waals surface area contributed by atoms with Crippen molar-refractivity contribution in [2.45, 2.75) is 26.2 Å². The summed E-state index contributed by atoms with van der Waals surface area (Å²) in [6, 6.07) is 3.32. The number of nitrogens with zero attached hydrogens (tertiary/aromatic N) is 1. The number of halogens is 1. The summed E-state index contributed by atoms with van der Waals surface area (Å²) in [6.07, 6.45) is 5.08. The first-order chi connectivity index (χ1) is 7.65. The van der Waals surface area contributed by atoms with E-state index in [0.717, 1.165) is 13.0 Å². The molecule has 1 aromatic rings. The third kappa shape index (κ3) is 2.53. The number of rotatable bonds is 4. The monoisotopic (exact) mass is 238 g/mol. The predicted molar refractivity (Wildman–Crippen MR) is 63.5 cm³/mol. The molecule has 0 atom stereocenters. The molecule has 1 heterocycles. The van der Waals surface area contributed by atoms with Crippen LogP contribution in [0.2, 0.25) is 5.15 Å². The number of hydrogen-bond acceptors (Lipinski definition) is 2. The zero-order valence-corrected chi connectivity index (χ0v) is 10.0. The maximum absolute atomic E-state index is 11.8. The molecule has 0 spiro atoms. The normalized spacial score (nSPS) is 16.9. The van der Waals surface area contributed by atoms with Gasteiger partial charge in [0.05, 0.1) is 5.56 Å². The predicted octanol–water partition coefficient (Wildman–Crippen LogP) is 2.66. The van der Waals surface area contributed by atoms with E-state index in [4.69, 9.17) is 11.6 Å². The zero-order chi connectivity index (χ0) is 11.6. The minimum Gasteiger partial charge on any atom is -0.351 e. The molecule has 1 aliphatic carbocycles. The lowest BCUT2D eigenvalue weighted by Crippen LogP contribution is -2.30. The minimum absolute atomic E-state index is 0.0658. The van der Waals surface area contributed by atoms with Crippen molar-refractivity contribution in [2.75, 3.05) is 6.54 Å². The summed E-state index contributed by atoms with van der Waals surface area (Å²) in [5.41, 5.74) is 0.937. The van der Waals surface area contributed by atoms with E-state index < -0.39 is 0 Å². The molecule has 0 aromatic carbocycles. The second kappa shape index (κ2) is 4.42. The standard InChI is InChI=1S/C12H15ClN2O/c1-2-12(5-6-12)8-15-11(16)9-3-4-10(13)14-7-9/h3-4,7H,2,5-6,8H2,1H3,(H,15,16). The first-order valence-electron chi connectivity index (χ1n) is 5.55. The van der Waals surface area contributed by atoms with Crippen molar-refractivity contribution in [1.29, 1.82) is 0 Å². The second-order valence-electron chi connectivity index (χ2n) is 4.41. The van der Waals surface area contributed by atoms with E-state index in [1.807, 2.05) is 0 Å². The quantitative estimate of drug-likeness (QED) is 0.820. The number of carbonyl (C=O) groups is 1. The van der Waals surface area contributed by atoms with E-state index in [1.165, 1.54) is 19.0 Å². The highest BCUT2D eigenvalue weighted by Gasteiger charge is 2.40. The molecule has 0 unspecified atom stereocenters. The molecule has 1 amide bonds. The first-order valence-corrected chi connectivity index (χ1v) is 5.93. The van der Waals surface area contributed by atoms with Gasteiger partial charge in [-0.25, -0.2) is 4.98 Å². The lowest BCUT2D eigenvalue weighted by Gasteiger charge is -2.13. The fourth-order valence-corrected chi connectivity index (χ4v) is 1.82. The molecular formula is C12H15ClN2O. The summed E-state index contributed by atoms with van der Waals surface area (Å²) >= 11 is 5.66. The van der Waals surface area contributed by atoms with Crippen molar-refractivity contribution >= 4 is 17.5 Å². The van der Waals surface area contributed by atoms with Crippen LogP contribution in [0.25, 0.3) is 0 Å². The van der Waals surface area contributed by atoms with Crippen molar-refractivity contribution in [2.24, 2.45) is 5.41 Å². The van der Waals surface area contributed by atoms with Gasteiger partial charge in [-0.15, -0.1) is 0 Å². The van der Waals surface area contributed by atoms with Crippen molar-refractivity contribution in [3.8, 4) is 0 Å². The van der Waals surface area contributed by atoms with E-state index >= 15 is 0 Å². The third-order valence-electron chi connectivity index (χ3n) is 3.32. The Morgan fingerprint density at radius 2 is 2.31 bits per heavy atom. The van der Waals surface area contributed by atoms with Crippen LogP contribution in [0.3, 0.4) is 0 Å². The number of amides is 1. The highest BCUT2D eigenvalue weighted by molar-refractivity contribution is 6.29. The SMILES string of the molecule is CCC1(CNC(=O)c2ccc(Cl)nc2)CC1. The van der Waals surface area contributed by atoms with Gasteiger partial charge in [0.15, 0.2) is 0 Å². The number of carbonyl (C=O) groups excluding carboxylic acids is 1. The number of aromatic nitrogens is 1. The Labute approximate surface area is 100 Å². The van der Waals surface area contributed by atoms with Crippen molar-refractivity contribution < 1.29 is 4.79 Å². The van der Waals surface area contributed by atoms with Crippen LogP contribution in [0.1, 0.15) is 36.5 Å². The van der Waals surface area contributed by atoms with Gasteiger partial charge in [-0.1, -0.05) is 18.5 Å². The van der Waals surface area contributed by atoms with Gasteiger partial charge in [0.1, 0.15) is 5.15 Å². The van der Waals surface area contributed by atoms with E-state index in [-0.39, 0.29) is 5.91 Å². The van der Waals surface area contributed by atoms with Crippen molar-refractivity contribution in [3.05, 3.63) is 29.0 Å². The molecule has 1 N–H and O–H groups in total. The van der Waals surface area contributed by atoms with Crippen LogP contribution in [-0.4, -0.2) is 17.4 Å². The topological polar surface area (TPSA) is 42.0 Å². The lowest BCUT2D eigenvalue weighted by molar-refractivity contribution is 0.0944. The minimum atomic E-state index is -0.0658. The van der Waals surface area contributed by atoms with Gasteiger partial charge in [-0.05, 0) is 36.8 Å². The average molecular weight is 239 g/mol. The summed E-state index contributed by atoms with van der Waals surface area (Å²) in [5, 5.41) is 3.36. The molecule has 86 valence electrons. The van der Waals surface area contributed by atoms with Crippen LogP contribution in [-0.2, 0) is 0 Å². The lowest BCUT2D eigenvalue weighted by atomic mass is 10.0. The fourth-order valence-electron chi connectivity index (χ4n) is 1.71. The summed E-state index contributed by atoms with van der Waals surface area (Å²) in [5.74, 6) is -0.0658. The highest BCUT2D eigenvalue weighted by atomic mass is 35.5. The summed E-state index contributed by atoms with van der Waals surface area (Å²) in [7, 11) is 0. The molecule has 0 bridgehead atoms. The Morgan fingerprint density at radius 3 is 2.81 bits per heavy atom. The van der Waals surface area contributed by atoms with E-state index in [2.05, 4.69) is 17.2 Å². The largest absolute Gasteiger partial charge is 0.351 e. The van der Waals surface area contributed by atoms with E-state index in [1.54, 1.807) is 12.1 Å². The summed E-state index contributed by atoms with van der Waals surface area (Å²) in [4.78, 5) is 15.6. The van der Waals surface area contributed by atoms with E-state index in [0.29, 0.717) is 16.1 Å². The molecule has 1 saturated carbocycles. The summed E-state index contributed by atoms with van der Waals surface area (Å²) in [6.45, 7) is 2.94. The molecule has 0 aliphatic heterocycles. The Balaban J connectivity index is 1.91. The van der Waals surface area contributed by atoms with E-state index in [9.17, 15) is 4.79 Å². The fraction of sp³-hybridized carbons (Fsp3) is 0.500. The van der Waals surface area contributed by atoms with Crippen LogP contribution in [0.15, 0.2) is 18.3 Å². The molecule has 2 rings (SSSR count). The van der Waals surface area contributed by atoms with Crippen molar-refractivity contribution in [3.63, 3.8) is 0 Å². The molecule has 1 fully saturated rings. The number of nitrogens with one attached hydrogen (secondary N) is 1. The van der Waals surface area contributed by atoms with Gasteiger partial charge in [0.25, 0.3) is 5.91 Å². The van der Waals surface area contributed by atoms with Gasteiger partial charge >= 0.3 is 0 Å². The molecule has 0 saturated heterocycles. The van der Waals surface area contributed by atoms with Gasteiger partial charge in [0.2, 0.25) is 0 Å². The molecule has 16 heavy (non-hydrogen) atoms. The number of hydrogen-bond donors (Lipinski definition) is 1. The van der Waals surface area contributed by atoms with Gasteiger partial charge in [0, 0.05) is 12.7 Å². The number of pyridine rings is 1. The molecule has 1 aliphatic rings. The maximum Gasteiger partial charge on any atom is 0.252 e. The average Bonchev–Trinajstić information content (AvgIpc) is 3.08. The van der Waals surface area contributed by atoms with Crippen LogP contribution in [0.5, 0.6) is 0 Å². The zero-order valence-electron chi connectivity index (χ0n) is 9.29. The summed E-state index contributed by atoms with van der Waals surface area (Å²) < 4.78 is 0. The van der Waals surface area contributed by atoms with Gasteiger partial charge in [-0.3, -0.25) is 4.79 Å². The molecule has 0 radical (unpaired) electrons. The Hall–Kier alpha value is -1.09.